The normalized spacial score (nSPS) is 23.8. The molecule has 2 heterocycles. The molecule has 2 fully saturated rings. The second-order valence-electron chi connectivity index (χ2n) is 8.05. The zero-order valence-electron chi connectivity index (χ0n) is 16.4. The first-order valence-corrected chi connectivity index (χ1v) is 10.0. The Hall–Kier alpha value is -2.37. The van der Waals surface area contributed by atoms with Crippen molar-refractivity contribution < 1.29 is 14.6 Å². The van der Waals surface area contributed by atoms with Gasteiger partial charge in [-0.2, -0.15) is 0 Å². The molecule has 28 heavy (non-hydrogen) atoms. The molecule has 1 amide bonds. The van der Waals surface area contributed by atoms with Crippen molar-refractivity contribution in [3.8, 4) is 5.75 Å². The highest BCUT2D eigenvalue weighted by Gasteiger charge is 2.41. The van der Waals surface area contributed by atoms with Gasteiger partial charge in [-0.25, -0.2) is 0 Å². The number of hydrogen-bond acceptors (Lipinski definition) is 4. The third kappa shape index (κ3) is 4.05. The molecule has 4 rings (SSSR count). The summed E-state index contributed by atoms with van der Waals surface area (Å²) in [4.78, 5) is 16.7. The second kappa shape index (κ2) is 7.94. The summed E-state index contributed by atoms with van der Waals surface area (Å²) in [5.41, 5.74) is 2.69. The number of likely N-dealkylation sites (tertiary alicyclic amines) is 1. The van der Waals surface area contributed by atoms with E-state index in [1.807, 2.05) is 60.4 Å². The van der Waals surface area contributed by atoms with Crippen LogP contribution in [0.1, 0.15) is 30.4 Å². The monoisotopic (exact) mass is 380 g/mol. The number of phenols is 1. The molecular formula is C23H28N2O3. The van der Waals surface area contributed by atoms with Crippen LogP contribution in [0, 0.1) is 6.92 Å². The fourth-order valence-corrected chi connectivity index (χ4v) is 4.29. The number of aromatic hydroxyl groups is 1. The first kappa shape index (κ1) is 19.0. The van der Waals surface area contributed by atoms with E-state index >= 15 is 0 Å². The van der Waals surface area contributed by atoms with E-state index in [-0.39, 0.29) is 18.1 Å². The van der Waals surface area contributed by atoms with Crippen LogP contribution in [-0.2, 0) is 16.1 Å². The molecule has 0 bridgehead atoms. The Morgan fingerprint density at radius 3 is 2.71 bits per heavy atom. The Balaban J connectivity index is 1.44. The van der Waals surface area contributed by atoms with Crippen LogP contribution < -0.4 is 4.90 Å². The number of amides is 1. The van der Waals surface area contributed by atoms with Crippen molar-refractivity contribution in [2.24, 2.45) is 0 Å². The first-order valence-electron chi connectivity index (χ1n) is 10.0. The van der Waals surface area contributed by atoms with Gasteiger partial charge < -0.3 is 14.7 Å². The highest BCUT2D eigenvalue weighted by Crippen LogP contribution is 2.33. The lowest BCUT2D eigenvalue weighted by atomic mass is 9.92. The molecule has 1 unspecified atom stereocenters. The maximum absolute atomic E-state index is 12.4. The van der Waals surface area contributed by atoms with Gasteiger partial charge in [0.1, 0.15) is 12.4 Å². The van der Waals surface area contributed by atoms with E-state index in [1.54, 1.807) is 0 Å². The Kier molecular flexibility index (Phi) is 5.38. The van der Waals surface area contributed by atoms with Crippen LogP contribution in [-0.4, -0.2) is 47.8 Å². The molecule has 5 heteroatoms. The average Bonchev–Trinajstić information content (AvgIpc) is 2.89. The van der Waals surface area contributed by atoms with Gasteiger partial charge in [-0.1, -0.05) is 30.3 Å². The van der Waals surface area contributed by atoms with E-state index in [0.29, 0.717) is 12.3 Å². The van der Waals surface area contributed by atoms with Crippen LogP contribution in [0.4, 0.5) is 5.69 Å². The molecule has 0 aliphatic carbocycles. The van der Waals surface area contributed by atoms with Crippen LogP contribution in [0.5, 0.6) is 5.75 Å². The minimum atomic E-state index is -0.284. The Bertz CT molecular complexity index is 839. The molecule has 0 saturated carbocycles. The molecule has 0 aromatic heterocycles. The summed E-state index contributed by atoms with van der Waals surface area (Å²) in [5.74, 6) is 0.399. The fraction of sp³-hybridized carbons (Fsp3) is 0.435. The van der Waals surface area contributed by atoms with Gasteiger partial charge in [-0.15, -0.1) is 0 Å². The Labute approximate surface area is 166 Å². The molecule has 2 aliphatic rings. The lowest BCUT2D eigenvalue weighted by molar-refractivity contribution is -0.140. The van der Waals surface area contributed by atoms with Gasteiger partial charge in [-0.3, -0.25) is 9.69 Å². The van der Waals surface area contributed by atoms with Gasteiger partial charge in [0.2, 0.25) is 0 Å². The number of carbonyl (C=O) groups excluding carboxylic acids is 1. The number of carbonyl (C=O) groups is 1. The summed E-state index contributed by atoms with van der Waals surface area (Å²) in [6, 6.07) is 15.7. The number of rotatable bonds is 3. The predicted molar refractivity (Wildman–Crippen MR) is 109 cm³/mol. The molecule has 2 aromatic carbocycles. The largest absolute Gasteiger partial charge is 0.508 e. The minimum absolute atomic E-state index is 0.0301. The lowest BCUT2D eigenvalue weighted by Crippen LogP contribution is -2.55. The third-order valence-corrected chi connectivity index (χ3v) is 5.94. The summed E-state index contributed by atoms with van der Waals surface area (Å²) in [7, 11) is 0. The lowest BCUT2D eigenvalue weighted by Gasteiger charge is -2.42. The quantitative estimate of drug-likeness (QED) is 0.886. The van der Waals surface area contributed by atoms with E-state index in [9.17, 15) is 9.90 Å². The van der Waals surface area contributed by atoms with Crippen LogP contribution >= 0.6 is 0 Å². The zero-order chi connectivity index (χ0) is 19.6. The van der Waals surface area contributed by atoms with Crippen molar-refractivity contribution in [3.63, 3.8) is 0 Å². The second-order valence-corrected chi connectivity index (χ2v) is 8.05. The Morgan fingerprint density at radius 2 is 1.93 bits per heavy atom. The van der Waals surface area contributed by atoms with Crippen molar-refractivity contribution in [1.29, 1.82) is 0 Å². The number of anilines is 1. The van der Waals surface area contributed by atoms with E-state index in [2.05, 4.69) is 4.90 Å². The topological polar surface area (TPSA) is 53.0 Å². The number of aryl methyl sites for hydroxylation is 1. The van der Waals surface area contributed by atoms with Gasteiger partial charge in [0.25, 0.3) is 5.91 Å². The van der Waals surface area contributed by atoms with E-state index < -0.39 is 0 Å². The minimum Gasteiger partial charge on any atom is -0.508 e. The zero-order valence-corrected chi connectivity index (χ0v) is 16.4. The molecule has 1 N–H and O–H groups in total. The molecule has 0 radical (unpaired) electrons. The van der Waals surface area contributed by atoms with Crippen LogP contribution in [0.3, 0.4) is 0 Å². The van der Waals surface area contributed by atoms with Crippen molar-refractivity contribution in [3.05, 3.63) is 59.7 Å². The van der Waals surface area contributed by atoms with Crippen LogP contribution in [0.25, 0.3) is 0 Å². The fourth-order valence-electron chi connectivity index (χ4n) is 4.29. The molecule has 2 saturated heterocycles. The molecule has 148 valence electrons. The number of nitrogens with zero attached hydrogens (tertiary/aromatic N) is 2. The van der Waals surface area contributed by atoms with Crippen molar-refractivity contribution in [1.82, 2.24) is 4.90 Å². The third-order valence-electron chi connectivity index (χ3n) is 5.94. The molecule has 1 atom stereocenters. The highest BCUT2D eigenvalue weighted by atomic mass is 16.5. The molecule has 2 aliphatic heterocycles. The van der Waals surface area contributed by atoms with Gasteiger partial charge in [0, 0.05) is 24.3 Å². The standard InChI is InChI=1S/C23H28N2O3/c1-18-8-9-19(21(26)14-18)15-24-12-5-10-23(11-13-24)17-25(22(27)16-28-23)20-6-3-2-4-7-20/h2-4,6-9,14,26H,5,10-13,15-17H2,1H3. The number of hydrogen-bond donors (Lipinski definition) is 1. The average molecular weight is 380 g/mol. The van der Waals surface area contributed by atoms with Crippen molar-refractivity contribution in [2.75, 3.05) is 31.1 Å². The molecule has 1 spiro atoms. The summed E-state index contributed by atoms with van der Waals surface area (Å²) in [6.45, 7) is 5.35. The molecule has 5 nitrogen and oxygen atoms in total. The maximum atomic E-state index is 12.4. The maximum Gasteiger partial charge on any atom is 0.253 e. The summed E-state index contributed by atoms with van der Waals surface area (Å²) in [6.07, 6.45) is 2.85. The van der Waals surface area contributed by atoms with Gasteiger partial charge in [0.05, 0.1) is 12.1 Å². The van der Waals surface area contributed by atoms with E-state index in [4.69, 9.17) is 4.74 Å². The summed E-state index contributed by atoms with van der Waals surface area (Å²) >= 11 is 0. The summed E-state index contributed by atoms with van der Waals surface area (Å²) in [5, 5.41) is 10.2. The van der Waals surface area contributed by atoms with Gasteiger partial charge in [-0.05, 0) is 56.5 Å². The number of morpholine rings is 1. The summed E-state index contributed by atoms with van der Waals surface area (Å²) < 4.78 is 6.12. The number of phenolic OH excluding ortho intramolecular Hbond substituents is 1. The molecule has 2 aromatic rings. The van der Waals surface area contributed by atoms with Gasteiger partial charge >= 0.3 is 0 Å². The van der Waals surface area contributed by atoms with E-state index in [0.717, 1.165) is 55.7 Å². The first-order chi connectivity index (χ1) is 13.5. The number of para-hydroxylation sites is 1. The van der Waals surface area contributed by atoms with Crippen molar-refractivity contribution >= 4 is 11.6 Å². The van der Waals surface area contributed by atoms with Crippen LogP contribution in [0.15, 0.2) is 48.5 Å². The van der Waals surface area contributed by atoms with Crippen molar-refractivity contribution in [2.45, 2.75) is 38.3 Å². The Morgan fingerprint density at radius 1 is 1.11 bits per heavy atom. The molecular weight excluding hydrogens is 352 g/mol. The number of benzene rings is 2. The van der Waals surface area contributed by atoms with E-state index in [1.165, 1.54) is 0 Å². The van der Waals surface area contributed by atoms with Crippen LogP contribution in [0.2, 0.25) is 0 Å². The number of ether oxygens (including phenoxy) is 1. The smallest absolute Gasteiger partial charge is 0.253 e. The highest BCUT2D eigenvalue weighted by molar-refractivity contribution is 5.95. The van der Waals surface area contributed by atoms with Gasteiger partial charge in [0.15, 0.2) is 0 Å². The predicted octanol–water partition coefficient (Wildman–Crippen LogP) is 3.49. The SMILES string of the molecule is Cc1ccc(CN2CCCC3(CC2)CN(c2ccccc2)C(=O)CO3)c(O)c1.